The molecule has 6 nitrogen and oxygen atoms in total. The van der Waals surface area contributed by atoms with E-state index in [-0.39, 0.29) is 63.0 Å². The predicted octanol–water partition coefficient (Wildman–Crippen LogP) is 1.82. The molecule has 1 amide bonds. The number of halogens is 3. The molecule has 0 saturated heterocycles. The molecule has 3 aromatic rings. The summed E-state index contributed by atoms with van der Waals surface area (Å²) < 4.78 is 37.8. The standard InChI is InChI=1S/C22H20F3N5O.K/c1-14-10-20(29-12-14)27-9-8-26-15(2)16-4-3-5-18(11-16)30-21(31)17-6-7-19(28-13-17)22(23,24)25;/h3-7,9-13,15,26H,1-2H3,(H,27,29)(H,30,31);/q-2;+1. The molecule has 10 heteroatoms. The van der Waals surface area contributed by atoms with Crippen molar-refractivity contribution in [2.45, 2.75) is 26.1 Å². The number of hydrogen-bond donors (Lipinski definition) is 3. The minimum atomic E-state index is -4.55. The van der Waals surface area contributed by atoms with Gasteiger partial charge >= 0.3 is 57.6 Å². The second kappa shape index (κ2) is 11.7. The summed E-state index contributed by atoms with van der Waals surface area (Å²) in [6, 6.07) is 10.8. The first kappa shape index (κ1) is 26.1. The van der Waals surface area contributed by atoms with E-state index in [1.165, 1.54) is 0 Å². The van der Waals surface area contributed by atoms with Crippen LogP contribution in [0.1, 0.15) is 40.1 Å². The normalized spacial score (nSPS) is 12.2. The average molecular weight is 467 g/mol. The Bertz CT molecular complexity index is 1060. The molecule has 1 atom stereocenters. The number of aromatic nitrogens is 2. The smallest absolute Gasteiger partial charge is 0.560 e. The van der Waals surface area contributed by atoms with Crippen LogP contribution < -0.4 is 67.3 Å². The molecule has 0 spiro atoms. The molecule has 3 N–H and O–H groups in total. The Labute approximate surface area is 226 Å². The SMILES string of the molecule is Cc1cnc(NC=[C-]NC(C)c2cccc(NC(=O)c3ccc(C(F)(F)F)nc3)c2)[cH-]1.[K+]. The number of anilines is 2. The summed E-state index contributed by atoms with van der Waals surface area (Å²) in [5.74, 6) is 0.175. The zero-order valence-electron chi connectivity index (χ0n) is 17.8. The number of aryl methyl sites for hydroxylation is 1. The van der Waals surface area contributed by atoms with Gasteiger partial charge in [-0.15, -0.1) is 6.20 Å². The number of rotatable bonds is 7. The number of carbonyl (C=O) groups excluding carboxylic acids is 1. The first-order valence-electron chi connectivity index (χ1n) is 9.35. The molecule has 1 aromatic carbocycles. The molecule has 0 bridgehead atoms. The predicted molar refractivity (Wildman–Crippen MR) is 111 cm³/mol. The van der Waals surface area contributed by atoms with Crippen LogP contribution in [0.2, 0.25) is 0 Å². The molecule has 3 rings (SSSR count). The van der Waals surface area contributed by atoms with Crippen LogP contribution in [0.15, 0.2) is 61.1 Å². The summed E-state index contributed by atoms with van der Waals surface area (Å²) in [7, 11) is 0. The zero-order valence-corrected chi connectivity index (χ0v) is 20.9. The van der Waals surface area contributed by atoms with Crippen molar-refractivity contribution >= 4 is 17.4 Å². The number of alkyl halides is 3. The first-order valence-corrected chi connectivity index (χ1v) is 9.35. The molecule has 0 aliphatic rings. The van der Waals surface area contributed by atoms with E-state index in [9.17, 15) is 18.0 Å². The van der Waals surface area contributed by atoms with Crippen LogP contribution in [-0.4, -0.2) is 15.9 Å². The fourth-order valence-electron chi connectivity index (χ4n) is 2.69. The summed E-state index contributed by atoms with van der Waals surface area (Å²) in [5.41, 5.74) is 1.43. The van der Waals surface area contributed by atoms with Gasteiger partial charge in [-0.3, -0.25) is 9.78 Å². The molecular formula is C22H20F3KN5O-. The van der Waals surface area contributed by atoms with Crippen LogP contribution in [0, 0.1) is 13.1 Å². The number of nitrogens with zero attached hydrogens (tertiary/aromatic N) is 2. The van der Waals surface area contributed by atoms with E-state index in [4.69, 9.17) is 0 Å². The molecule has 2 heterocycles. The summed E-state index contributed by atoms with van der Waals surface area (Å²) in [6.45, 7) is 3.87. The summed E-state index contributed by atoms with van der Waals surface area (Å²) in [4.78, 5) is 19.8. The van der Waals surface area contributed by atoms with Crippen molar-refractivity contribution in [2.24, 2.45) is 0 Å². The van der Waals surface area contributed by atoms with Crippen molar-refractivity contribution in [2.75, 3.05) is 10.6 Å². The van der Waals surface area contributed by atoms with E-state index in [1.807, 2.05) is 26.0 Å². The Morgan fingerprint density at radius 3 is 2.59 bits per heavy atom. The van der Waals surface area contributed by atoms with Gasteiger partial charge in [0.05, 0.1) is 5.56 Å². The van der Waals surface area contributed by atoms with Gasteiger partial charge in [-0.05, 0) is 36.8 Å². The third kappa shape index (κ3) is 7.49. The number of hydrogen-bond acceptors (Lipinski definition) is 5. The summed E-state index contributed by atoms with van der Waals surface area (Å²) in [6.07, 6.45) is 2.66. The van der Waals surface area contributed by atoms with Crippen LogP contribution in [0.3, 0.4) is 0 Å². The molecule has 0 aliphatic carbocycles. The average Bonchev–Trinajstić information content (AvgIpc) is 3.15. The van der Waals surface area contributed by atoms with Gasteiger partial charge in [-0.2, -0.15) is 31.0 Å². The van der Waals surface area contributed by atoms with Crippen LogP contribution in [0.25, 0.3) is 0 Å². The minimum absolute atomic E-state index is 0. The summed E-state index contributed by atoms with van der Waals surface area (Å²) in [5, 5.41) is 8.75. The van der Waals surface area contributed by atoms with Gasteiger partial charge in [0.2, 0.25) is 0 Å². The molecule has 1 unspecified atom stereocenters. The molecule has 32 heavy (non-hydrogen) atoms. The van der Waals surface area contributed by atoms with Gasteiger partial charge in [0.25, 0.3) is 5.91 Å². The number of benzene rings is 1. The van der Waals surface area contributed by atoms with Crippen molar-refractivity contribution < 1.29 is 69.4 Å². The molecule has 0 aliphatic heterocycles. The molecule has 2 aromatic heterocycles. The van der Waals surface area contributed by atoms with Gasteiger partial charge in [0, 0.05) is 23.7 Å². The van der Waals surface area contributed by atoms with E-state index < -0.39 is 17.8 Å². The van der Waals surface area contributed by atoms with Gasteiger partial charge in [-0.25, -0.2) is 0 Å². The Balaban J connectivity index is 0.00000363. The second-order valence-corrected chi connectivity index (χ2v) is 6.84. The fourth-order valence-corrected chi connectivity index (χ4v) is 2.69. The molecule has 0 saturated carbocycles. The van der Waals surface area contributed by atoms with Crippen molar-refractivity contribution in [1.29, 1.82) is 0 Å². The third-order valence-electron chi connectivity index (χ3n) is 4.32. The molecule has 0 radical (unpaired) electrons. The van der Waals surface area contributed by atoms with E-state index in [0.29, 0.717) is 5.69 Å². The Morgan fingerprint density at radius 1 is 1.19 bits per heavy atom. The van der Waals surface area contributed by atoms with Crippen molar-refractivity contribution in [3.8, 4) is 0 Å². The second-order valence-electron chi connectivity index (χ2n) is 6.84. The van der Waals surface area contributed by atoms with Crippen molar-refractivity contribution in [3.63, 3.8) is 0 Å². The van der Waals surface area contributed by atoms with Crippen LogP contribution in [0.5, 0.6) is 0 Å². The van der Waals surface area contributed by atoms with Crippen LogP contribution >= 0.6 is 0 Å². The largest absolute Gasteiger partial charge is 1.00 e. The quantitative estimate of drug-likeness (QED) is 0.281. The van der Waals surface area contributed by atoms with E-state index in [1.54, 1.807) is 30.6 Å². The van der Waals surface area contributed by atoms with Gasteiger partial charge in [0.15, 0.2) is 0 Å². The topological polar surface area (TPSA) is 78.9 Å². The van der Waals surface area contributed by atoms with Gasteiger partial charge < -0.3 is 27.1 Å². The Kier molecular flexibility index (Phi) is 9.53. The zero-order chi connectivity index (χ0) is 22.4. The Morgan fingerprint density at radius 2 is 1.97 bits per heavy atom. The van der Waals surface area contributed by atoms with Gasteiger partial charge in [-0.1, -0.05) is 19.1 Å². The Hall–Kier alpha value is -2.11. The molecule has 0 fully saturated rings. The number of amides is 1. The van der Waals surface area contributed by atoms with Crippen molar-refractivity contribution in [1.82, 2.24) is 15.3 Å². The summed E-state index contributed by atoms with van der Waals surface area (Å²) >= 11 is 0. The monoisotopic (exact) mass is 466 g/mol. The van der Waals surface area contributed by atoms with Crippen LogP contribution in [0.4, 0.5) is 24.7 Å². The maximum absolute atomic E-state index is 12.6. The number of nitrogens with one attached hydrogen (secondary N) is 3. The van der Waals surface area contributed by atoms with Crippen LogP contribution in [-0.2, 0) is 6.18 Å². The minimum Gasteiger partial charge on any atom is -0.560 e. The maximum Gasteiger partial charge on any atom is 1.00 e. The van der Waals surface area contributed by atoms with E-state index in [2.05, 4.69) is 32.1 Å². The molecule has 162 valence electrons. The third-order valence-corrected chi connectivity index (χ3v) is 4.32. The number of carbonyl (C=O) groups is 1. The van der Waals surface area contributed by atoms with Crippen molar-refractivity contribution in [3.05, 3.63) is 89.6 Å². The van der Waals surface area contributed by atoms with E-state index in [0.717, 1.165) is 35.3 Å². The van der Waals surface area contributed by atoms with Gasteiger partial charge in [0.1, 0.15) is 5.69 Å². The molecular weight excluding hydrogens is 446 g/mol. The maximum atomic E-state index is 12.6. The fraction of sp³-hybridized carbons (Fsp3) is 0.182. The van der Waals surface area contributed by atoms with E-state index >= 15 is 0 Å². The first-order chi connectivity index (χ1) is 14.7. The number of pyridine rings is 1.